The van der Waals surface area contributed by atoms with E-state index in [1.807, 2.05) is 25.2 Å². The van der Waals surface area contributed by atoms with Crippen molar-refractivity contribution in [1.82, 2.24) is 15.1 Å². The number of hydrogen-bond donors (Lipinski definition) is 1. The van der Waals surface area contributed by atoms with Gasteiger partial charge >= 0.3 is 159 Å². The summed E-state index contributed by atoms with van der Waals surface area (Å²) in [6.45, 7) is 0. The fourth-order valence-corrected chi connectivity index (χ4v) is 4.81. The first kappa shape index (κ1) is 17.7. The molecule has 0 saturated heterocycles. The molecule has 1 aliphatic carbocycles. The molecule has 0 aliphatic heterocycles. The minimum atomic E-state index is -0.721. The molecular weight excluding hydrogens is 419 g/mol. The van der Waals surface area contributed by atoms with Crippen molar-refractivity contribution in [3.05, 3.63) is 64.5 Å². The van der Waals surface area contributed by atoms with E-state index in [0.717, 1.165) is 10.1 Å². The van der Waals surface area contributed by atoms with Gasteiger partial charge < -0.3 is 0 Å². The van der Waals surface area contributed by atoms with Crippen molar-refractivity contribution in [2.24, 2.45) is 7.05 Å². The number of nitrogens with one attached hydrogen (secondary N) is 1. The number of rotatable bonds is 4. The van der Waals surface area contributed by atoms with Gasteiger partial charge in [-0.2, -0.15) is 0 Å². The molecule has 1 amide bonds. The maximum atomic E-state index is 13.8. The third-order valence-electron chi connectivity index (χ3n) is 4.17. The molecule has 1 aliphatic rings. The first-order chi connectivity index (χ1) is 13.0. The number of allylic oxidation sites excluding steroid dienone is 3. The van der Waals surface area contributed by atoms with Gasteiger partial charge in [0.25, 0.3) is 0 Å². The zero-order valence-corrected chi connectivity index (χ0v) is 16.0. The van der Waals surface area contributed by atoms with Gasteiger partial charge in [-0.05, 0) is 0 Å². The number of carbonyl (C=O) groups excluding carboxylic acids is 1. The summed E-state index contributed by atoms with van der Waals surface area (Å²) in [5.74, 6) is -1.17. The number of halogens is 2. The van der Waals surface area contributed by atoms with Crippen molar-refractivity contribution in [2.75, 3.05) is 0 Å². The van der Waals surface area contributed by atoms with Crippen LogP contribution in [0.15, 0.2) is 64.4 Å². The van der Waals surface area contributed by atoms with Gasteiger partial charge in [-0.15, -0.1) is 0 Å². The minimum absolute atomic E-state index is 0.0985. The van der Waals surface area contributed by atoms with Crippen LogP contribution in [0.1, 0.15) is 22.1 Å². The Balaban J connectivity index is 1.57. The van der Waals surface area contributed by atoms with Gasteiger partial charge in [-0.3, -0.25) is 0 Å². The van der Waals surface area contributed by atoms with Crippen molar-refractivity contribution < 1.29 is 18.0 Å². The van der Waals surface area contributed by atoms with Crippen molar-refractivity contribution in [1.29, 1.82) is 0 Å². The summed E-state index contributed by atoms with van der Waals surface area (Å²) in [4.78, 5) is 12.4. The van der Waals surface area contributed by atoms with Gasteiger partial charge in [-0.25, -0.2) is 0 Å². The Kier molecular flexibility index (Phi) is 4.68. The summed E-state index contributed by atoms with van der Waals surface area (Å²) in [5, 5.41) is 6.81. The van der Waals surface area contributed by atoms with Gasteiger partial charge in [0, 0.05) is 0 Å². The summed E-state index contributed by atoms with van der Waals surface area (Å²) < 4.78 is 36.1. The molecular formula is C19H15F2N3O2Se. The fraction of sp³-hybridized carbons (Fsp3) is 0.158. The molecule has 27 heavy (non-hydrogen) atoms. The molecule has 0 saturated carbocycles. The van der Waals surface area contributed by atoms with Crippen LogP contribution in [0.25, 0.3) is 21.6 Å². The Morgan fingerprint density at radius 3 is 2.93 bits per heavy atom. The molecule has 3 aromatic rings. The van der Waals surface area contributed by atoms with E-state index >= 15 is 0 Å². The zero-order chi connectivity index (χ0) is 19.0. The summed E-state index contributed by atoms with van der Waals surface area (Å²) in [6.07, 6.45) is 3.26. The molecule has 8 heteroatoms. The first-order valence-electron chi connectivity index (χ1n) is 8.27. The monoisotopic (exact) mass is 435 g/mol. The predicted octanol–water partition coefficient (Wildman–Crippen LogP) is 3.96. The van der Waals surface area contributed by atoms with Gasteiger partial charge in [0.2, 0.25) is 0 Å². The normalized spacial score (nSPS) is 14.4. The fourth-order valence-electron chi connectivity index (χ4n) is 2.83. The second kappa shape index (κ2) is 7.13. The SMILES string of the molecule is Cn1nc(-c2ccco2)cc1-c1ccc(C(=O)NC2=C(F)CCC=C2F)[se]1. The molecule has 0 bridgehead atoms. The van der Waals surface area contributed by atoms with Crippen LogP contribution in [-0.4, -0.2) is 30.2 Å². The molecule has 1 N–H and O–H groups in total. The van der Waals surface area contributed by atoms with Crippen LogP contribution in [0.5, 0.6) is 0 Å². The van der Waals surface area contributed by atoms with Crippen LogP contribution in [-0.2, 0) is 7.05 Å². The van der Waals surface area contributed by atoms with Crippen molar-refractivity contribution in [3.63, 3.8) is 0 Å². The second-order valence-corrected chi connectivity index (χ2v) is 8.28. The number of aromatic nitrogens is 2. The molecule has 0 atom stereocenters. The van der Waals surface area contributed by atoms with Crippen LogP contribution in [0, 0.1) is 0 Å². The van der Waals surface area contributed by atoms with Crippen LogP contribution < -0.4 is 5.32 Å². The Bertz CT molecular complexity index is 1060. The molecule has 0 unspecified atom stereocenters. The average molecular weight is 434 g/mol. The standard InChI is InChI=1S/C19H15F2N3O2Se/c1-24-14(10-13(23-24)15-6-3-9-26-15)16-7-8-17(27-16)19(25)22-18-11(20)4-2-5-12(18)21/h3-4,6-10H,2,5H2,1H3,(H,22,25). The van der Waals surface area contributed by atoms with Crippen molar-refractivity contribution in [3.8, 4) is 21.6 Å². The summed E-state index contributed by atoms with van der Waals surface area (Å²) >= 11 is -0.301. The van der Waals surface area contributed by atoms with E-state index in [2.05, 4.69) is 10.4 Å². The Hall–Kier alpha value is -2.70. The van der Waals surface area contributed by atoms with Crippen molar-refractivity contribution >= 4 is 20.4 Å². The molecule has 4 rings (SSSR count). The number of carbonyl (C=O) groups is 1. The van der Waals surface area contributed by atoms with Crippen LogP contribution in [0.2, 0.25) is 0 Å². The van der Waals surface area contributed by atoms with E-state index in [1.165, 1.54) is 6.08 Å². The van der Waals surface area contributed by atoms with E-state index < -0.39 is 17.6 Å². The molecule has 138 valence electrons. The average Bonchev–Trinajstić information content (AvgIpc) is 3.37. The summed E-state index contributed by atoms with van der Waals surface area (Å²) in [6, 6.07) is 9.04. The van der Waals surface area contributed by atoms with E-state index in [0.29, 0.717) is 22.3 Å². The zero-order valence-electron chi connectivity index (χ0n) is 14.3. The maximum absolute atomic E-state index is 13.8. The summed E-state index contributed by atoms with van der Waals surface area (Å²) in [7, 11) is 1.82. The van der Waals surface area contributed by atoms with Crippen molar-refractivity contribution in [2.45, 2.75) is 12.8 Å². The molecule has 0 fully saturated rings. The number of aryl methyl sites for hydroxylation is 1. The van der Waals surface area contributed by atoms with Crippen LogP contribution in [0.3, 0.4) is 0 Å². The molecule has 5 nitrogen and oxygen atoms in total. The topological polar surface area (TPSA) is 60.1 Å². The first-order valence-corrected chi connectivity index (χ1v) is 9.98. The predicted molar refractivity (Wildman–Crippen MR) is 97.3 cm³/mol. The third-order valence-corrected chi connectivity index (χ3v) is 6.49. The number of nitrogens with zero attached hydrogens (tertiary/aromatic N) is 2. The molecule has 0 radical (unpaired) electrons. The summed E-state index contributed by atoms with van der Waals surface area (Å²) in [5.41, 5.74) is 1.22. The van der Waals surface area contributed by atoms with E-state index in [-0.39, 0.29) is 26.6 Å². The Morgan fingerprint density at radius 2 is 2.19 bits per heavy atom. The molecule has 0 aromatic carbocycles. The number of hydrogen-bond acceptors (Lipinski definition) is 3. The molecule has 3 heterocycles. The van der Waals surface area contributed by atoms with E-state index in [1.54, 1.807) is 23.1 Å². The molecule has 0 spiro atoms. The van der Waals surface area contributed by atoms with Gasteiger partial charge in [0.1, 0.15) is 0 Å². The number of furan rings is 1. The van der Waals surface area contributed by atoms with Crippen LogP contribution >= 0.6 is 0 Å². The van der Waals surface area contributed by atoms with E-state index in [9.17, 15) is 13.6 Å². The Morgan fingerprint density at radius 1 is 1.33 bits per heavy atom. The molecule has 3 aromatic heterocycles. The Labute approximate surface area is 159 Å². The van der Waals surface area contributed by atoms with Gasteiger partial charge in [-0.1, -0.05) is 0 Å². The number of amides is 1. The van der Waals surface area contributed by atoms with E-state index in [4.69, 9.17) is 4.42 Å². The van der Waals surface area contributed by atoms with Gasteiger partial charge in [0.15, 0.2) is 0 Å². The quantitative estimate of drug-likeness (QED) is 0.633. The van der Waals surface area contributed by atoms with Crippen LogP contribution in [0.4, 0.5) is 8.78 Å². The van der Waals surface area contributed by atoms with Gasteiger partial charge in [0.05, 0.1) is 0 Å². The second-order valence-electron chi connectivity index (χ2n) is 6.00. The third kappa shape index (κ3) is 3.46.